The maximum absolute atomic E-state index is 7.86. The van der Waals surface area contributed by atoms with Crippen LogP contribution < -0.4 is 5.73 Å². The van der Waals surface area contributed by atoms with Crippen molar-refractivity contribution in [1.82, 2.24) is 4.98 Å². The number of benzene rings is 1. The lowest BCUT2D eigenvalue weighted by Crippen LogP contribution is -2.19. The van der Waals surface area contributed by atoms with Crippen molar-refractivity contribution in [3.05, 3.63) is 39.5 Å². The lowest BCUT2D eigenvalue weighted by Gasteiger charge is -2.20. The Kier molecular flexibility index (Phi) is 2.82. The molecule has 18 heavy (non-hydrogen) atoms. The molecule has 2 aromatic rings. The fraction of sp³-hybridized carbons (Fsp3) is 0.286. The Hall–Kier alpha value is -1.42. The van der Waals surface area contributed by atoms with E-state index < -0.39 is 0 Å². The molecule has 3 rings (SSSR count). The number of nitrogens with two attached hydrogens (primary N) is 1. The first-order valence-corrected chi connectivity index (χ1v) is 6.91. The number of aryl methyl sites for hydroxylation is 1. The van der Waals surface area contributed by atoms with Crippen molar-refractivity contribution in [1.29, 1.82) is 5.41 Å². The van der Waals surface area contributed by atoms with Crippen LogP contribution in [0, 0.1) is 5.41 Å². The van der Waals surface area contributed by atoms with Crippen LogP contribution in [-0.4, -0.2) is 10.8 Å². The summed E-state index contributed by atoms with van der Waals surface area (Å²) in [5.74, 6) is 0.152. The van der Waals surface area contributed by atoms with E-state index in [4.69, 9.17) is 16.1 Å². The van der Waals surface area contributed by atoms with Gasteiger partial charge >= 0.3 is 0 Å². The second-order valence-electron chi connectivity index (χ2n) is 4.69. The number of nitrogen functional groups attached to an aromatic ring is 1. The predicted molar refractivity (Wildman–Crippen MR) is 77.1 cm³/mol. The minimum absolute atomic E-state index is 0.152. The first-order valence-electron chi connectivity index (χ1n) is 6.12. The molecule has 0 aliphatic heterocycles. The van der Waals surface area contributed by atoms with Crippen molar-refractivity contribution in [2.24, 2.45) is 5.73 Å². The van der Waals surface area contributed by atoms with Crippen molar-refractivity contribution in [2.75, 3.05) is 0 Å². The Labute approximate surface area is 114 Å². The van der Waals surface area contributed by atoms with Crippen LogP contribution >= 0.6 is 15.9 Å². The summed E-state index contributed by atoms with van der Waals surface area (Å²) < 4.78 is 0.995. The third kappa shape index (κ3) is 1.81. The van der Waals surface area contributed by atoms with E-state index in [1.807, 2.05) is 18.2 Å². The molecule has 92 valence electrons. The molecule has 1 heterocycles. The van der Waals surface area contributed by atoms with E-state index in [-0.39, 0.29) is 5.84 Å². The van der Waals surface area contributed by atoms with E-state index in [0.29, 0.717) is 0 Å². The zero-order valence-corrected chi connectivity index (χ0v) is 11.5. The third-order valence-electron chi connectivity index (χ3n) is 3.49. The van der Waals surface area contributed by atoms with Crippen molar-refractivity contribution in [3.8, 4) is 0 Å². The summed E-state index contributed by atoms with van der Waals surface area (Å²) in [5.41, 5.74) is 9.92. The number of amidine groups is 1. The standard InChI is InChI=1S/C14H14BrN3/c15-8-5-6-12-10(7-8)13(14(16)17)9-3-1-2-4-11(9)18-12/h5-7H,1-4H2,(H3,16,17). The second-order valence-corrected chi connectivity index (χ2v) is 5.61. The maximum atomic E-state index is 7.86. The van der Waals surface area contributed by atoms with Gasteiger partial charge in [0, 0.05) is 21.1 Å². The summed E-state index contributed by atoms with van der Waals surface area (Å²) in [6.45, 7) is 0. The fourth-order valence-corrected chi connectivity index (χ4v) is 3.06. The average molecular weight is 304 g/mol. The minimum atomic E-state index is 0.152. The van der Waals surface area contributed by atoms with Gasteiger partial charge in [0.15, 0.2) is 0 Å². The highest BCUT2D eigenvalue weighted by molar-refractivity contribution is 9.10. The largest absolute Gasteiger partial charge is 0.384 e. The van der Waals surface area contributed by atoms with Crippen LogP contribution in [-0.2, 0) is 12.8 Å². The van der Waals surface area contributed by atoms with Gasteiger partial charge in [-0.15, -0.1) is 0 Å². The summed E-state index contributed by atoms with van der Waals surface area (Å²) in [7, 11) is 0. The quantitative estimate of drug-likeness (QED) is 0.628. The average Bonchev–Trinajstić information content (AvgIpc) is 2.35. The van der Waals surface area contributed by atoms with Gasteiger partial charge in [-0.25, -0.2) is 0 Å². The normalized spacial score (nSPS) is 14.5. The van der Waals surface area contributed by atoms with Gasteiger partial charge in [-0.05, 0) is 49.4 Å². The van der Waals surface area contributed by atoms with Gasteiger partial charge in [0.2, 0.25) is 0 Å². The van der Waals surface area contributed by atoms with Crippen LogP contribution in [0.15, 0.2) is 22.7 Å². The third-order valence-corrected chi connectivity index (χ3v) is 3.99. The summed E-state index contributed by atoms with van der Waals surface area (Å²) in [6, 6.07) is 5.98. The molecule has 1 aromatic heterocycles. The molecule has 1 aliphatic carbocycles. The minimum Gasteiger partial charge on any atom is -0.384 e. The number of aromatic nitrogens is 1. The molecule has 0 spiro atoms. The van der Waals surface area contributed by atoms with E-state index >= 15 is 0 Å². The van der Waals surface area contributed by atoms with Gasteiger partial charge in [-0.2, -0.15) is 0 Å². The number of nitrogens with zero attached hydrogens (tertiary/aromatic N) is 1. The Morgan fingerprint density at radius 2 is 2.06 bits per heavy atom. The monoisotopic (exact) mass is 303 g/mol. The molecule has 0 fully saturated rings. The van der Waals surface area contributed by atoms with Crippen LogP contribution in [0.1, 0.15) is 29.7 Å². The van der Waals surface area contributed by atoms with Crippen molar-refractivity contribution < 1.29 is 0 Å². The molecule has 0 bridgehead atoms. The Bertz CT molecular complexity index is 649. The number of hydrogen-bond donors (Lipinski definition) is 2. The van der Waals surface area contributed by atoms with Gasteiger partial charge in [0.05, 0.1) is 5.52 Å². The molecule has 0 saturated carbocycles. The summed E-state index contributed by atoms with van der Waals surface area (Å²) in [4.78, 5) is 4.73. The zero-order chi connectivity index (χ0) is 12.7. The summed E-state index contributed by atoms with van der Waals surface area (Å²) >= 11 is 3.47. The Morgan fingerprint density at radius 3 is 2.83 bits per heavy atom. The Morgan fingerprint density at radius 1 is 1.28 bits per heavy atom. The van der Waals surface area contributed by atoms with E-state index in [1.165, 1.54) is 12.0 Å². The van der Waals surface area contributed by atoms with Gasteiger partial charge in [-0.3, -0.25) is 10.4 Å². The van der Waals surface area contributed by atoms with Crippen molar-refractivity contribution in [2.45, 2.75) is 25.7 Å². The second kappa shape index (κ2) is 4.35. The molecule has 0 atom stereocenters. The van der Waals surface area contributed by atoms with Gasteiger partial charge in [0.1, 0.15) is 5.84 Å². The van der Waals surface area contributed by atoms with Crippen LogP contribution in [0.3, 0.4) is 0 Å². The predicted octanol–water partition coefficient (Wildman–Crippen LogP) is 3.16. The van der Waals surface area contributed by atoms with Crippen LogP contribution in [0.5, 0.6) is 0 Å². The van der Waals surface area contributed by atoms with Gasteiger partial charge in [0.25, 0.3) is 0 Å². The smallest absolute Gasteiger partial charge is 0.123 e. The molecule has 0 radical (unpaired) electrons. The van der Waals surface area contributed by atoms with E-state index in [1.54, 1.807) is 0 Å². The Balaban J connectivity index is 2.41. The van der Waals surface area contributed by atoms with Crippen LogP contribution in [0.4, 0.5) is 0 Å². The SMILES string of the molecule is N=C(N)c1c2c(nc3ccc(Br)cc13)CCCC2. The van der Waals surface area contributed by atoms with Crippen molar-refractivity contribution >= 4 is 32.7 Å². The molecule has 0 amide bonds. The number of pyridine rings is 1. The van der Waals surface area contributed by atoms with Gasteiger partial charge < -0.3 is 5.73 Å². The zero-order valence-electron chi connectivity index (χ0n) is 9.96. The van der Waals surface area contributed by atoms with E-state index in [2.05, 4.69) is 15.9 Å². The van der Waals surface area contributed by atoms with Gasteiger partial charge in [-0.1, -0.05) is 15.9 Å². The molecule has 1 aliphatic rings. The molecule has 3 nitrogen and oxygen atoms in total. The van der Waals surface area contributed by atoms with Crippen LogP contribution in [0.25, 0.3) is 10.9 Å². The highest BCUT2D eigenvalue weighted by Gasteiger charge is 2.19. The highest BCUT2D eigenvalue weighted by atomic mass is 79.9. The molecule has 4 heteroatoms. The van der Waals surface area contributed by atoms with E-state index in [9.17, 15) is 0 Å². The topological polar surface area (TPSA) is 62.8 Å². The van der Waals surface area contributed by atoms with Crippen molar-refractivity contribution in [3.63, 3.8) is 0 Å². The highest BCUT2D eigenvalue weighted by Crippen LogP contribution is 2.30. The first kappa shape index (κ1) is 11.7. The molecule has 1 aromatic carbocycles. The number of nitrogens with one attached hydrogen (secondary N) is 1. The number of halogens is 1. The molecule has 0 unspecified atom stereocenters. The number of fused-ring (bicyclic) bond motifs is 2. The lowest BCUT2D eigenvalue weighted by molar-refractivity contribution is 0.670. The van der Waals surface area contributed by atoms with Crippen LogP contribution in [0.2, 0.25) is 0 Å². The summed E-state index contributed by atoms with van der Waals surface area (Å²) in [5, 5.41) is 8.85. The number of hydrogen-bond acceptors (Lipinski definition) is 2. The molecular weight excluding hydrogens is 290 g/mol. The molecular formula is C14H14BrN3. The maximum Gasteiger partial charge on any atom is 0.123 e. The molecule has 0 saturated heterocycles. The first-order chi connectivity index (χ1) is 8.66. The van der Waals surface area contributed by atoms with E-state index in [0.717, 1.165) is 45.9 Å². The summed E-state index contributed by atoms with van der Waals surface area (Å²) in [6.07, 6.45) is 4.33. The molecule has 3 N–H and O–H groups in total. The number of rotatable bonds is 1. The lowest BCUT2D eigenvalue weighted by atomic mass is 9.89. The fourth-order valence-electron chi connectivity index (χ4n) is 2.70.